The van der Waals surface area contributed by atoms with Crippen LogP contribution in [0.15, 0.2) is 18.3 Å². The van der Waals surface area contributed by atoms with Crippen LogP contribution in [0.3, 0.4) is 0 Å². The third-order valence-electron chi connectivity index (χ3n) is 10.3. The number of hydrogen-bond donors (Lipinski definition) is 3. The number of alkyl carbamates (subject to hydrolysis) is 1. The molecular formula is C25H37N3O3. The summed E-state index contributed by atoms with van der Waals surface area (Å²) < 4.78 is 5.22. The van der Waals surface area contributed by atoms with Gasteiger partial charge in [0.05, 0.1) is 12.8 Å². The van der Waals surface area contributed by atoms with Crippen molar-refractivity contribution in [2.45, 2.75) is 65.7 Å². The first-order chi connectivity index (χ1) is 14.8. The van der Waals surface area contributed by atoms with Crippen molar-refractivity contribution in [3.05, 3.63) is 29.6 Å². The van der Waals surface area contributed by atoms with Crippen molar-refractivity contribution >= 4 is 6.09 Å². The van der Waals surface area contributed by atoms with Gasteiger partial charge in [0.1, 0.15) is 0 Å². The maximum absolute atomic E-state index is 12.3. The first kappa shape index (κ1) is 21.0. The molecule has 1 spiro atoms. The number of aliphatic hydroxyl groups is 1. The van der Waals surface area contributed by atoms with Gasteiger partial charge >= 0.3 is 6.09 Å². The zero-order valence-electron chi connectivity index (χ0n) is 19.2. The summed E-state index contributed by atoms with van der Waals surface area (Å²) in [5.74, 6) is 0.623. The van der Waals surface area contributed by atoms with Crippen LogP contribution in [0.25, 0.3) is 0 Å². The molecule has 31 heavy (non-hydrogen) atoms. The van der Waals surface area contributed by atoms with E-state index in [1.165, 1.54) is 23.3 Å². The summed E-state index contributed by atoms with van der Waals surface area (Å²) in [6.45, 7) is 12.4. The van der Waals surface area contributed by atoms with Crippen LogP contribution >= 0.6 is 0 Å². The van der Waals surface area contributed by atoms with E-state index >= 15 is 0 Å². The molecule has 0 aromatic carbocycles. The predicted molar refractivity (Wildman–Crippen MR) is 118 cm³/mol. The number of carbonyl (C=O) groups is 1. The van der Waals surface area contributed by atoms with Gasteiger partial charge in [0.25, 0.3) is 0 Å². The van der Waals surface area contributed by atoms with Crippen molar-refractivity contribution in [2.75, 3.05) is 19.8 Å². The second kappa shape index (κ2) is 6.84. The van der Waals surface area contributed by atoms with Crippen molar-refractivity contribution in [3.63, 3.8) is 0 Å². The fraction of sp³-hybridized carbons (Fsp3) is 0.760. The number of H-pyrrole nitrogens is 1. The summed E-state index contributed by atoms with van der Waals surface area (Å²) in [4.78, 5) is 12.3. The maximum atomic E-state index is 12.3. The van der Waals surface area contributed by atoms with Gasteiger partial charge in [-0.3, -0.25) is 5.10 Å². The van der Waals surface area contributed by atoms with E-state index in [4.69, 9.17) is 4.74 Å². The lowest BCUT2D eigenvalue weighted by atomic mass is 9.49. The number of ether oxygens (including phenoxy) is 1. The summed E-state index contributed by atoms with van der Waals surface area (Å²) in [5.41, 5.74) is 4.23. The quantitative estimate of drug-likeness (QED) is 0.620. The van der Waals surface area contributed by atoms with Gasteiger partial charge in [-0.1, -0.05) is 26.0 Å². The Labute approximate surface area is 185 Å². The minimum absolute atomic E-state index is 0.0310. The highest BCUT2D eigenvalue weighted by Crippen LogP contribution is 2.87. The second-order valence-corrected chi connectivity index (χ2v) is 11.2. The number of amides is 1. The fourth-order valence-corrected chi connectivity index (χ4v) is 8.52. The molecule has 0 bridgehead atoms. The van der Waals surface area contributed by atoms with Crippen LogP contribution in [-0.2, 0) is 17.6 Å². The molecule has 1 heterocycles. The van der Waals surface area contributed by atoms with E-state index < -0.39 is 0 Å². The van der Waals surface area contributed by atoms with E-state index in [0.29, 0.717) is 19.1 Å². The van der Waals surface area contributed by atoms with Gasteiger partial charge in [0, 0.05) is 18.8 Å². The Hall–Kier alpha value is -1.82. The Bertz CT molecular complexity index is 912. The number of rotatable bonds is 5. The molecule has 1 aromatic rings. The van der Waals surface area contributed by atoms with Gasteiger partial charge in [-0.05, 0) is 90.9 Å². The van der Waals surface area contributed by atoms with Gasteiger partial charge in [0.2, 0.25) is 0 Å². The number of nitrogens with one attached hydrogen (secondary N) is 2. The smallest absolute Gasteiger partial charge is 0.407 e. The molecule has 3 fully saturated rings. The van der Waals surface area contributed by atoms with Crippen LogP contribution in [0.1, 0.15) is 64.1 Å². The molecule has 4 aliphatic carbocycles. The van der Waals surface area contributed by atoms with Crippen molar-refractivity contribution < 1.29 is 14.6 Å². The molecule has 3 saturated carbocycles. The van der Waals surface area contributed by atoms with E-state index in [9.17, 15) is 9.90 Å². The molecular weight excluding hydrogens is 390 g/mol. The summed E-state index contributed by atoms with van der Waals surface area (Å²) in [7, 11) is 0. The van der Waals surface area contributed by atoms with Gasteiger partial charge in [-0.15, -0.1) is 0 Å². The molecule has 0 saturated heterocycles. The molecule has 1 aromatic heterocycles. The summed E-state index contributed by atoms with van der Waals surface area (Å²) >= 11 is 0. The summed E-state index contributed by atoms with van der Waals surface area (Å²) in [6, 6.07) is 0. The van der Waals surface area contributed by atoms with Crippen LogP contribution < -0.4 is 5.32 Å². The molecule has 6 heteroatoms. The van der Waals surface area contributed by atoms with E-state index in [0.717, 1.165) is 38.5 Å². The normalized spacial score (nSPS) is 43.0. The van der Waals surface area contributed by atoms with Gasteiger partial charge < -0.3 is 15.2 Å². The summed E-state index contributed by atoms with van der Waals surface area (Å²) in [6.07, 6.45) is 9.10. The lowest BCUT2D eigenvalue weighted by Crippen LogP contribution is -2.54. The standard InChI is InChI=1S/C25H37N3O3/c1-5-31-21(30)26-15-24-14-25(24)9-6-16(2)23(25,4)8-7-20(24)22(3)11-17-12-27-28-19(17)10-18(22)13-29/h12,18,20,29H,2,5-11,13-15H2,1,3-4H3,(H,26,30)(H,27,28)/t18-,20-,22+,23-,24?,25+/m1/s1. The zero-order valence-corrected chi connectivity index (χ0v) is 19.2. The minimum atomic E-state index is -0.314. The Morgan fingerprint density at radius 3 is 2.97 bits per heavy atom. The number of hydrogen-bond acceptors (Lipinski definition) is 4. The van der Waals surface area contributed by atoms with Crippen molar-refractivity contribution in [1.29, 1.82) is 0 Å². The average molecular weight is 428 g/mol. The summed E-state index contributed by atoms with van der Waals surface area (Å²) in [5, 5.41) is 21.0. The molecule has 4 aliphatic rings. The number of fused-ring (bicyclic) bond motifs is 1. The second-order valence-electron chi connectivity index (χ2n) is 11.2. The first-order valence-electron chi connectivity index (χ1n) is 12.0. The molecule has 3 N–H and O–H groups in total. The molecule has 5 rings (SSSR count). The Kier molecular flexibility index (Phi) is 4.64. The third-order valence-corrected chi connectivity index (χ3v) is 10.3. The molecule has 170 valence electrons. The van der Waals surface area contributed by atoms with Crippen LogP contribution in [0.2, 0.25) is 0 Å². The maximum Gasteiger partial charge on any atom is 0.407 e. The van der Waals surface area contributed by atoms with Crippen molar-refractivity contribution in [1.82, 2.24) is 15.5 Å². The highest BCUT2D eigenvalue weighted by Gasteiger charge is 2.81. The SMILES string of the molecule is C=C1CC[C@@]23CC2(CNC(=O)OCC)[C@@H]([C@@]2(C)Cc4cn[nH]c4C[C@@H]2CO)CC[C@]13C. The zero-order chi connectivity index (χ0) is 22.1. The molecule has 6 nitrogen and oxygen atoms in total. The van der Waals surface area contributed by atoms with Crippen LogP contribution in [0.5, 0.6) is 0 Å². The molecule has 0 aliphatic heterocycles. The van der Waals surface area contributed by atoms with Gasteiger partial charge in [0.15, 0.2) is 0 Å². The minimum Gasteiger partial charge on any atom is -0.450 e. The van der Waals surface area contributed by atoms with Crippen molar-refractivity contribution in [3.8, 4) is 0 Å². The number of aromatic amines is 1. The van der Waals surface area contributed by atoms with Crippen LogP contribution in [-0.4, -0.2) is 41.2 Å². The highest BCUT2D eigenvalue weighted by molar-refractivity contribution is 5.67. The Morgan fingerprint density at radius 2 is 2.23 bits per heavy atom. The molecule has 6 atom stereocenters. The van der Waals surface area contributed by atoms with Crippen LogP contribution in [0, 0.1) is 33.5 Å². The number of aromatic nitrogens is 2. The Balaban J connectivity index is 1.53. The lowest BCUT2D eigenvalue weighted by molar-refractivity contribution is -0.0571. The van der Waals surface area contributed by atoms with Gasteiger partial charge in [-0.25, -0.2) is 4.79 Å². The predicted octanol–water partition coefficient (Wildman–Crippen LogP) is 4.01. The molecule has 0 radical (unpaired) electrons. The third kappa shape index (κ3) is 2.60. The highest BCUT2D eigenvalue weighted by atomic mass is 16.5. The largest absolute Gasteiger partial charge is 0.450 e. The van der Waals surface area contributed by atoms with E-state index in [1.807, 2.05) is 13.1 Å². The topological polar surface area (TPSA) is 87.2 Å². The molecule has 1 amide bonds. The van der Waals surface area contributed by atoms with E-state index in [1.54, 1.807) is 0 Å². The monoisotopic (exact) mass is 427 g/mol. The van der Waals surface area contributed by atoms with E-state index in [2.05, 4.69) is 35.9 Å². The van der Waals surface area contributed by atoms with Gasteiger partial charge in [-0.2, -0.15) is 5.10 Å². The average Bonchev–Trinajstić information content (AvgIpc) is 3.10. The fourth-order valence-electron chi connectivity index (χ4n) is 8.52. The number of nitrogens with zero attached hydrogens (tertiary/aromatic N) is 1. The number of aliphatic hydroxyl groups excluding tert-OH is 1. The Morgan fingerprint density at radius 1 is 1.42 bits per heavy atom. The van der Waals surface area contributed by atoms with Crippen molar-refractivity contribution in [2.24, 2.45) is 33.5 Å². The lowest BCUT2D eigenvalue weighted by Gasteiger charge is -2.55. The first-order valence-corrected chi connectivity index (χ1v) is 12.0. The van der Waals surface area contributed by atoms with E-state index in [-0.39, 0.29) is 40.3 Å². The molecule has 1 unspecified atom stereocenters. The van der Waals surface area contributed by atoms with Crippen LogP contribution in [0.4, 0.5) is 4.79 Å². The number of carbonyl (C=O) groups excluding carboxylic acids is 1. The number of allylic oxidation sites excluding steroid dienone is 1.